The van der Waals surface area contributed by atoms with Gasteiger partial charge < -0.3 is 29.2 Å². The van der Waals surface area contributed by atoms with Crippen molar-refractivity contribution < 1.29 is 33.3 Å². The molecule has 1 saturated heterocycles. The Morgan fingerprint density at radius 2 is 1.74 bits per heavy atom. The van der Waals surface area contributed by atoms with E-state index in [0.29, 0.717) is 50.1 Å². The zero-order valence-electron chi connectivity index (χ0n) is 19.7. The number of carbonyl (C=O) groups is 3. The van der Waals surface area contributed by atoms with E-state index in [2.05, 4.69) is 5.32 Å². The third kappa shape index (κ3) is 6.95. The molecule has 2 aromatic carbocycles. The minimum atomic E-state index is -0.673. The number of ether oxygens (including phenoxy) is 4. The maximum absolute atomic E-state index is 12.5. The summed E-state index contributed by atoms with van der Waals surface area (Å²) in [5.41, 5.74) is 2.88. The van der Waals surface area contributed by atoms with Gasteiger partial charge in [-0.2, -0.15) is 0 Å². The lowest BCUT2D eigenvalue weighted by molar-refractivity contribution is -0.137. The standard InChI is InChI=1S/C25H30N2O7/c1-4-32-22-14-19(6-8-21(22)33-16-24(29)27-9-11-31-12-10-27)25(30)34-15-23(28)26-20-7-5-17(2)13-18(20)3/h5-8,13-14H,4,9-12,15-16H2,1-3H3,(H,26,28). The van der Waals surface area contributed by atoms with Crippen molar-refractivity contribution in [2.75, 3.05) is 51.4 Å². The number of amides is 2. The molecule has 0 aliphatic carbocycles. The quantitative estimate of drug-likeness (QED) is 0.562. The number of rotatable bonds is 9. The molecule has 2 aromatic rings. The average Bonchev–Trinajstić information content (AvgIpc) is 2.84. The summed E-state index contributed by atoms with van der Waals surface area (Å²) in [6, 6.07) is 10.2. The highest BCUT2D eigenvalue weighted by molar-refractivity contribution is 5.96. The number of hydrogen-bond donors (Lipinski definition) is 1. The van der Waals surface area contributed by atoms with E-state index >= 15 is 0 Å². The Kier molecular flexibility index (Phi) is 8.86. The van der Waals surface area contributed by atoms with Gasteiger partial charge >= 0.3 is 5.97 Å². The van der Waals surface area contributed by atoms with Gasteiger partial charge in [0, 0.05) is 18.8 Å². The Morgan fingerprint density at radius 3 is 2.44 bits per heavy atom. The van der Waals surface area contributed by atoms with Crippen LogP contribution in [0.4, 0.5) is 5.69 Å². The smallest absolute Gasteiger partial charge is 0.338 e. The predicted molar refractivity (Wildman–Crippen MR) is 125 cm³/mol. The van der Waals surface area contributed by atoms with Crippen LogP contribution in [0.15, 0.2) is 36.4 Å². The van der Waals surface area contributed by atoms with E-state index in [0.717, 1.165) is 11.1 Å². The van der Waals surface area contributed by atoms with Gasteiger partial charge in [-0.25, -0.2) is 4.79 Å². The largest absolute Gasteiger partial charge is 0.490 e. The molecule has 1 fully saturated rings. The van der Waals surface area contributed by atoms with Crippen LogP contribution in [0.3, 0.4) is 0 Å². The Hall–Kier alpha value is -3.59. The number of morpholine rings is 1. The summed E-state index contributed by atoms with van der Waals surface area (Å²) in [7, 11) is 0. The molecule has 0 spiro atoms. The van der Waals surface area contributed by atoms with Gasteiger partial charge in [0.1, 0.15) is 0 Å². The first kappa shape index (κ1) is 25.0. The number of aryl methyl sites for hydroxylation is 2. The Bertz CT molecular complexity index is 1030. The van der Waals surface area contributed by atoms with E-state index in [9.17, 15) is 14.4 Å². The molecule has 3 rings (SSSR count). The molecule has 9 heteroatoms. The number of carbonyl (C=O) groups excluding carboxylic acids is 3. The van der Waals surface area contributed by atoms with Gasteiger partial charge in [0.25, 0.3) is 11.8 Å². The molecular formula is C25H30N2O7. The van der Waals surface area contributed by atoms with Gasteiger partial charge in [0.05, 0.1) is 25.4 Å². The predicted octanol–water partition coefficient (Wildman–Crippen LogP) is 2.74. The number of benzene rings is 2. The average molecular weight is 471 g/mol. The first-order valence-corrected chi connectivity index (χ1v) is 11.2. The lowest BCUT2D eigenvalue weighted by atomic mass is 10.1. The highest BCUT2D eigenvalue weighted by Gasteiger charge is 2.19. The second kappa shape index (κ2) is 12.0. The number of esters is 1. The molecule has 1 N–H and O–H groups in total. The SMILES string of the molecule is CCOc1cc(C(=O)OCC(=O)Nc2ccc(C)cc2C)ccc1OCC(=O)N1CCOCC1. The molecule has 1 aliphatic rings. The van der Waals surface area contributed by atoms with Gasteiger partial charge in [-0.05, 0) is 50.6 Å². The summed E-state index contributed by atoms with van der Waals surface area (Å²) in [5, 5.41) is 2.73. The lowest BCUT2D eigenvalue weighted by Gasteiger charge is -2.26. The number of nitrogens with zero attached hydrogens (tertiary/aromatic N) is 1. The minimum Gasteiger partial charge on any atom is -0.490 e. The molecule has 182 valence electrons. The molecule has 0 aromatic heterocycles. The van der Waals surface area contributed by atoms with Crippen molar-refractivity contribution in [3.63, 3.8) is 0 Å². The van der Waals surface area contributed by atoms with E-state index < -0.39 is 18.5 Å². The summed E-state index contributed by atoms with van der Waals surface area (Å²) in [6.45, 7) is 7.49. The van der Waals surface area contributed by atoms with Crippen molar-refractivity contribution in [1.29, 1.82) is 0 Å². The van der Waals surface area contributed by atoms with E-state index in [4.69, 9.17) is 18.9 Å². The second-order valence-electron chi connectivity index (χ2n) is 7.82. The van der Waals surface area contributed by atoms with Crippen LogP contribution < -0.4 is 14.8 Å². The topological polar surface area (TPSA) is 103 Å². The van der Waals surface area contributed by atoms with Crippen molar-refractivity contribution in [3.8, 4) is 11.5 Å². The van der Waals surface area contributed by atoms with E-state index in [1.54, 1.807) is 24.0 Å². The molecule has 0 radical (unpaired) electrons. The number of nitrogens with one attached hydrogen (secondary N) is 1. The van der Waals surface area contributed by atoms with Crippen molar-refractivity contribution in [3.05, 3.63) is 53.1 Å². The Balaban J connectivity index is 1.56. The van der Waals surface area contributed by atoms with Crippen LogP contribution in [0, 0.1) is 13.8 Å². The summed E-state index contributed by atoms with van der Waals surface area (Å²) in [5.74, 6) is -0.609. The van der Waals surface area contributed by atoms with Crippen LogP contribution in [-0.4, -0.2) is 68.8 Å². The molecular weight excluding hydrogens is 440 g/mol. The maximum Gasteiger partial charge on any atom is 0.338 e. The van der Waals surface area contributed by atoms with E-state index in [1.165, 1.54) is 12.1 Å². The van der Waals surface area contributed by atoms with Gasteiger partial charge in [-0.1, -0.05) is 17.7 Å². The van der Waals surface area contributed by atoms with Crippen molar-refractivity contribution >= 4 is 23.5 Å². The third-order valence-electron chi connectivity index (χ3n) is 5.18. The fraction of sp³-hybridized carbons (Fsp3) is 0.400. The zero-order valence-corrected chi connectivity index (χ0v) is 19.7. The van der Waals surface area contributed by atoms with Crippen molar-refractivity contribution in [1.82, 2.24) is 4.90 Å². The second-order valence-corrected chi connectivity index (χ2v) is 7.82. The summed E-state index contributed by atoms with van der Waals surface area (Å²) in [6.07, 6.45) is 0. The molecule has 0 bridgehead atoms. The van der Waals surface area contributed by atoms with Gasteiger partial charge in [-0.15, -0.1) is 0 Å². The van der Waals surface area contributed by atoms with Crippen LogP contribution >= 0.6 is 0 Å². The first-order valence-electron chi connectivity index (χ1n) is 11.2. The lowest BCUT2D eigenvalue weighted by Crippen LogP contribution is -2.43. The van der Waals surface area contributed by atoms with E-state index in [1.807, 2.05) is 26.0 Å². The summed E-state index contributed by atoms with van der Waals surface area (Å²) in [4.78, 5) is 38.7. The molecule has 0 saturated carbocycles. The van der Waals surface area contributed by atoms with Crippen molar-refractivity contribution in [2.24, 2.45) is 0 Å². The highest BCUT2D eigenvalue weighted by atomic mass is 16.5. The van der Waals surface area contributed by atoms with Gasteiger partial charge in [0.15, 0.2) is 24.7 Å². The first-order chi connectivity index (χ1) is 16.4. The van der Waals surface area contributed by atoms with Crippen molar-refractivity contribution in [2.45, 2.75) is 20.8 Å². The fourth-order valence-electron chi connectivity index (χ4n) is 3.42. The summed E-state index contributed by atoms with van der Waals surface area (Å²) >= 11 is 0. The number of hydrogen-bond acceptors (Lipinski definition) is 7. The van der Waals surface area contributed by atoms with Gasteiger partial charge in [-0.3, -0.25) is 9.59 Å². The fourth-order valence-corrected chi connectivity index (χ4v) is 3.42. The molecule has 0 atom stereocenters. The molecule has 2 amide bonds. The number of anilines is 1. The minimum absolute atomic E-state index is 0.149. The van der Waals surface area contributed by atoms with Crippen LogP contribution in [-0.2, 0) is 19.1 Å². The van der Waals surface area contributed by atoms with E-state index in [-0.39, 0.29) is 18.1 Å². The zero-order chi connectivity index (χ0) is 24.5. The van der Waals surface area contributed by atoms with Crippen LogP contribution in [0.5, 0.6) is 11.5 Å². The normalized spacial score (nSPS) is 13.2. The molecule has 0 unspecified atom stereocenters. The molecule has 1 heterocycles. The van der Waals surface area contributed by atoms with Gasteiger partial charge in [0.2, 0.25) is 0 Å². The molecule has 9 nitrogen and oxygen atoms in total. The van der Waals surface area contributed by atoms with Crippen LogP contribution in [0.1, 0.15) is 28.4 Å². The summed E-state index contributed by atoms with van der Waals surface area (Å²) < 4.78 is 21.6. The molecule has 34 heavy (non-hydrogen) atoms. The Morgan fingerprint density at radius 1 is 0.971 bits per heavy atom. The third-order valence-corrected chi connectivity index (χ3v) is 5.18. The van der Waals surface area contributed by atoms with Crippen LogP contribution in [0.25, 0.3) is 0 Å². The monoisotopic (exact) mass is 470 g/mol. The van der Waals surface area contributed by atoms with Crippen LogP contribution in [0.2, 0.25) is 0 Å². The maximum atomic E-state index is 12.5. The molecule has 1 aliphatic heterocycles. The Labute approximate surface area is 198 Å². The highest BCUT2D eigenvalue weighted by Crippen LogP contribution is 2.29.